The largest absolute Gasteiger partial charge is 0.506 e. The van der Waals surface area contributed by atoms with Crippen molar-refractivity contribution in [2.45, 2.75) is 6.61 Å². The maximum Gasteiger partial charge on any atom is 0.323 e. The lowest BCUT2D eigenvalue weighted by molar-refractivity contribution is -0.384. The van der Waals surface area contributed by atoms with Crippen LogP contribution >= 0.6 is 0 Å². The molecule has 3 rings (SSSR count). The predicted octanol–water partition coefficient (Wildman–Crippen LogP) is 4.52. The molecule has 0 bridgehead atoms. The number of nitrogens with zero attached hydrogens (tertiary/aromatic N) is 1. The molecule has 0 aliphatic rings. The van der Waals surface area contributed by atoms with E-state index in [1.807, 2.05) is 30.3 Å². The Morgan fingerprint density at radius 1 is 1.00 bits per heavy atom. The van der Waals surface area contributed by atoms with Crippen molar-refractivity contribution in [1.82, 2.24) is 0 Å². The first-order valence-electron chi connectivity index (χ1n) is 8.33. The standard InChI is InChI=1S/C20H17N3O5/c24-19-12-16(23(26)27)8-11-18(19)22-20(25)21-15-6-9-17(10-7-15)28-13-14-4-2-1-3-5-14/h1-12,24H,13H2,(H2,21,22,25). The molecule has 8 heteroatoms. The minimum Gasteiger partial charge on any atom is -0.506 e. The van der Waals surface area contributed by atoms with Crippen LogP contribution in [0.15, 0.2) is 72.8 Å². The van der Waals surface area contributed by atoms with Crippen molar-refractivity contribution in [2.24, 2.45) is 0 Å². The molecule has 0 fully saturated rings. The first kappa shape index (κ1) is 18.7. The molecular weight excluding hydrogens is 362 g/mol. The summed E-state index contributed by atoms with van der Waals surface area (Å²) in [6.45, 7) is 0.438. The maximum atomic E-state index is 12.1. The van der Waals surface area contributed by atoms with Crippen molar-refractivity contribution in [3.8, 4) is 11.5 Å². The van der Waals surface area contributed by atoms with E-state index in [4.69, 9.17) is 4.74 Å². The number of amides is 2. The van der Waals surface area contributed by atoms with Gasteiger partial charge in [0.05, 0.1) is 16.7 Å². The number of carbonyl (C=O) groups excluding carboxylic acids is 1. The van der Waals surface area contributed by atoms with Crippen LogP contribution in [0.4, 0.5) is 21.9 Å². The Kier molecular flexibility index (Phi) is 5.71. The molecule has 28 heavy (non-hydrogen) atoms. The second kappa shape index (κ2) is 8.54. The van der Waals surface area contributed by atoms with Crippen LogP contribution in [0.2, 0.25) is 0 Å². The fourth-order valence-corrected chi connectivity index (χ4v) is 2.40. The van der Waals surface area contributed by atoms with Gasteiger partial charge in [0.2, 0.25) is 0 Å². The van der Waals surface area contributed by atoms with Crippen LogP contribution in [0, 0.1) is 10.1 Å². The third-order valence-electron chi connectivity index (χ3n) is 3.80. The lowest BCUT2D eigenvalue weighted by Gasteiger charge is -2.10. The predicted molar refractivity (Wildman–Crippen MR) is 105 cm³/mol. The average Bonchev–Trinajstić information content (AvgIpc) is 2.69. The van der Waals surface area contributed by atoms with E-state index in [1.54, 1.807) is 24.3 Å². The Morgan fingerprint density at radius 2 is 1.71 bits per heavy atom. The zero-order valence-electron chi connectivity index (χ0n) is 14.7. The third-order valence-corrected chi connectivity index (χ3v) is 3.80. The van der Waals surface area contributed by atoms with E-state index in [9.17, 15) is 20.0 Å². The first-order valence-corrected chi connectivity index (χ1v) is 8.33. The van der Waals surface area contributed by atoms with Gasteiger partial charge in [0.15, 0.2) is 0 Å². The number of carbonyl (C=O) groups is 1. The number of non-ortho nitro benzene ring substituents is 1. The molecular formula is C20H17N3O5. The number of phenolic OH excluding ortho intramolecular Hbond substituents is 1. The van der Waals surface area contributed by atoms with Crippen LogP contribution in [-0.4, -0.2) is 16.1 Å². The molecule has 3 aromatic rings. The third kappa shape index (κ3) is 4.98. The molecule has 0 aliphatic heterocycles. The van der Waals surface area contributed by atoms with E-state index >= 15 is 0 Å². The summed E-state index contributed by atoms with van der Waals surface area (Å²) in [5, 5.41) is 25.5. The number of hydrogen-bond acceptors (Lipinski definition) is 5. The number of aromatic hydroxyl groups is 1. The molecule has 0 unspecified atom stereocenters. The molecule has 142 valence electrons. The summed E-state index contributed by atoms with van der Waals surface area (Å²) in [6, 6.07) is 19.4. The lowest BCUT2D eigenvalue weighted by Crippen LogP contribution is -2.19. The number of rotatable bonds is 6. The zero-order chi connectivity index (χ0) is 19.9. The highest BCUT2D eigenvalue weighted by atomic mass is 16.6. The van der Waals surface area contributed by atoms with Gasteiger partial charge in [-0.1, -0.05) is 30.3 Å². The van der Waals surface area contributed by atoms with E-state index in [-0.39, 0.29) is 11.4 Å². The number of phenols is 1. The van der Waals surface area contributed by atoms with Crippen LogP contribution in [0.5, 0.6) is 11.5 Å². The SMILES string of the molecule is O=C(Nc1ccc(OCc2ccccc2)cc1)Nc1ccc([N+](=O)[O-])cc1O. The summed E-state index contributed by atoms with van der Waals surface area (Å²) >= 11 is 0. The number of nitro benzene ring substituents is 1. The van der Waals surface area contributed by atoms with Crippen molar-refractivity contribution in [3.05, 3.63) is 88.5 Å². The van der Waals surface area contributed by atoms with Gasteiger partial charge in [-0.3, -0.25) is 10.1 Å². The Bertz CT molecular complexity index is 975. The van der Waals surface area contributed by atoms with Gasteiger partial charge in [-0.05, 0) is 35.9 Å². The lowest BCUT2D eigenvalue weighted by atomic mass is 10.2. The number of benzene rings is 3. The average molecular weight is 379 g/mol. The molecule has 8 nitrogen and oxygen atoms in total. The Hall–Kier alpha value is -4.07. The van der Waals surface area contributed by atoms with Gasteiger partial charge in [-0.15, -0.1) is 0 Å². The van der Waals surface area contributed by atoms with Gasteiger partial charge < -0.3 is 20.5 Å². The summed E-state index contributed by atoms with van der Waals surface area (Å²) < 4.78 is 5.68. The molecule has 0 heterocycles. The number of hydrogen-bond donors (Lipinski definition) is 3. The molecule has 2 amide bonds. The number of nitro groups is 1. The van der Waals surface area contributed by atoms with Crippen LogP contribution in [-0.2, 0) is 6.61 Å². The minimum atomic E-state index is -0.634. The Labute approximate surface area is 160 Å². The topological polar surface area (TPSA) is 114 Å². The van der Waals surface area contributed by atoms with Gasteiger partial charge in [0.25, 0.3) is 5.69 Å². The van der Waals surface area contributed by atoms with Crippen molar-refractivity contribution in [2.75, 3.05) is 10.6 Å². The van der Waals surface area contributed by atoms with Crippen LogP contribution in [0.1, 0.15) is 5.56 Å². The van der Waals surface area contributed by atoms with Gasteiger partial charge in [0.1, 0.15) is 18.1 Å². The monoisotopic (exact) mass is 379 g/mol. The zero-order valence-corrected chi connectivity index (χ0v) is 14.7. The molecule has 0 radical (unpaired) electrons. The molecule has 0 aliphatic carbocycles. The highest BCUT2D eigenvalue weighted by Gasteiger charge is 2.12. The fraction of sp³-hybridized carbons (Fsp3) is 0.0500. The molecule has 0 saturated heterocycles. The minimum absolute atomic E-state index is 0.0610. The van der Waals surface area contributed by atoms with Crippen molar-refractivity contribution in [3.63, 3.8) is 0 Å². The summed E-state index contributed by atoms with van der Waals surface area (Å²) in [5.74, 6) is 0.261. The first-order chi connectivity index (χ1) is 13.5. The fourth-order valence-electron chi connectivity index (χ4n) is 2.40. The van der Waals surface area contributed by atoms with E-state index in [0.717, 1.165) is 11.6 Å². The molecule has 0 atom stereocenters. The molecule has 3 aromatic carbocycles. The number of ether oxygens (including phenoxy) is 1. The number of nitrogens with one attached hydrogen (secondary N) is 2. The quantitative estimate of drug-likeness (QED) is 0.331. The highest BCUT2D eigenvalue weighted by molar-refractivity contribution is 6.00. The van der Waals surface area contributed by atoms with Gasteiger partial charge in [-0.25, -0.2) is 4.79 Å². The van der Waals surface area contributed by atoms with Crippen LogP contribution < -0.4 is 15.4 Å². The second-order valence-electron chi connectivity index (χ2n) is 5.84. The maximum absolute atomic E-state index is 12.1. The molecule has 0 spiro atoms. The van der Waals surface area contributed by atoms with E-state index in [0.29, 0.717) is 18.0 Å². The smallest absolute Gasteiger partial charge is 0.323 e. The van der Waals surface area contributed by atoms with Gasteiger partial charge in [0, 0.05) is 11.8 Å². The molecule has 3 N–H and O–H groups in total. The van der Waals surface area contributed by atoms with Gasteiger partial charge in [-0.2, -0.15) is 0 Å². The summed E-state index contributed by atoms with van der Waals surface area (Å²) in [5.41, 5.74) is 1.36. The van der Waals surface area contributed by atoms with Gasteiger partial charge >= 0.3 is 6.03 Å². The van der Waals surface area contributed by atoms with Crippen molar-refractivity contribution >= 4 is 23.1 Å². The van der Waals surface area contributed by atoms with Crippen molar-refractivity contribution < 1.29 is 19.6 Å². The van der Waals surface area contributed by atoms with E-state index in [1.165, 1.54) is 12.1 Å². The Balaban J connectivity index is 1.55. The summed E-state index contributed by atoms with van der Waals surface area (Å²) in [6.07, 6.45) is 0. The van der Waals surface area contributed by atoms with E-state index < -0.39 is 16.7 Å². The molecule has 0 saturated carbocycles. The Morgan fingerprint density at radius 3 is 2.36 bits per heavy atom. The highest BCUT2D eigenvalue weighted by Crippen LogP contribution is 2.28. The van der Waals surface area contributed by atoms with Crippen LogP contribution in [0.25, 0.3) is 0 Å². The summed E-state index contributed by atoms with van der Waals surface area (Å²) in [4.78, 5) is 22.1. The second-order valence-corrected chi connectivity index (χ2v) is 5.84. The number of urea groups is 1. The number of anilines is 2. The normalized spacial score (nSPS) is 10.1. The van der Waals surface area contributed by atoms with Crippen molar-refractivity contribution in [1.29, 1.82) is 0 Å². The summed E-state index contributed by atoms with van der Waals surface area (Å²) in [7, 11) is 0. The van der Waals surface area contributed by atoms with Crippen LogP contribution in [0.3, 0.4) is 0 Å². The van der Waals surface area contributed by atoms with E-state index in [2.05, 4.69) is 10.6 Å². The molecule has 0 aromatic heterocycles.